The standard InChI is InChI=1S/C19H19N2O2/c1-13(11-15-12-20-18-6-4-3-5-17(15)18)21-19(22)14-7-9-16(23-2)10-8-14/h3-10,12-13,20H,1,11H2,2H3,(H,21,22)/t13-/m0/s1. The summed E-state index contributed by atoms with van der Waals surface area (Å²) in [7, 11) is 1.60. The Hall–Kier alpha value is -2.75. The zero-order valence-electron chi connectivity index (χ0n) is 13.0. The number of para-hydroxylation sites is 1. The molecular formula is C19H19N2O2. The largest absolute Gasteiger partial charge is 0.497 e. The van der Waals surface area contributed by atoms with Crippen LogP contribution in [0.1, 0.15) is 15.9 Å². The van der Waals surface area contributed by atoms with E-state index in [4.69, 9.17) is 4.74 Å². The Kier molecular flexibility index (Phi) is 4.33. The molecule has 4 heteroatoms. The summed E-state index contributed by atoms with van der Waals surface area (Å²) in [6.45, 7) is 4.05. The van der Waals surface area contributed by atoms with Crippen LogP contribution < -0.4 is 10.1 Å². The maximum Gasteiger partial charge on any atom is 0.251 e. The van der Waals surface area contributed by atoms with Crippen LogP contribution in [-0.4, -0.2) is 24.0 Å². The fourth-order valence-corrected chi connectivity index (χ4v) is 2.63. The van der Waals surface area contributed by atoms with Gasteiger partial charge in [-0.2, -0.15) is 0 Å². The van der Waals surface area contributed by atoms with Gasteiger partial charge in [-0.25, -0.2) is 0 Å². The van der Waals surface area contributed by atoms with Gasteiger partial charge in [0.1, 0.15) is 5.75 Å². The van der Waals surface area contributed by atoms with Gasteiger partial charge in [0.15, 0.2) is 0 Å². The van der Waals surface area contributed by atoms with Gasteiger partial charge < -0.3 is 15.0 Å². The van der Waals surface area contributed by atoms with Gasteiger partial charge in [0, 0.05) is 28.7 Å². The van der Waals surface area contributed by atoms with E-state index in [-0.39, 0.29) is 11.9 Å². The summed E-state index contributed by atoms with van der Waals surface area (Å²) in [4.78, 5) is 15.5. The average molecular weight is 307 g/mol. The first-order valence-corrected chi connectivity index (χ1v) is 7.50. The number of amides is 1. The summed E-state index contributed by atoms with van der Waals surface area (Å²) < 4.78 is 5.09. The SMILES string of the molecule is [CH2][C@@H](Cc1c[nH]c2ccccc12)NC(=O)c1ccc(OC)cc1. The van der Waals surface area contributed by atoms with Crippen LogP contribution in [0.15, 0.2) is 54.7 Å². The number of aromatic nitrogens is 1. The number of rotatable bonds is 5. The van der Waals surface area contributed by atoms with Crippen LogP contribution in [0, 0.1) is 6.92 Å². The van der Waals surface area contributed by atoms with Crippen LogP contribution in [0.3, 0.4) is 0 Å². The molecule has 0 aliphatic heterocycles. The number of hydrogen-bond acceptors (Lipinski definition) is 2. The predicted molar refractivity (Wildman–Crippen MR) is 91.6 cm³/mol. The van der Waals surface area contributed by atoms with E-state index in [9.17, 15) is 4.79 Å². The number of benzene rings is 2. The van der Waals surface area contributed by atoms with Gasteiger partial charge in [0.25, 0.3) is 5.91 Å². The number of hydrogen-bond donors (Lipinski definition) is 2. The summed E-state index contributed by atoms with van der Waals surface area (Å²) in [5.41, 5.74) is 2.84. The van der Waals surface area contributed by atoms with Gasteiger partial charge in [-0.3, -0.25) is 4.79 Å². The Morgan fingerprint density at radius 3 is 2.70 bits per heavy atom. The molecule has 2 N–H and O–H groups in total. The number of H-pyrrole nitrogens is 1. The molecule has 0 saturated heterocycles. The molecule has 0 aliphatic rings. The molecule has 1 heterocycles. The molecule has 1 radical (unpaired) electrons. The molecule has 1 aromatic heterocycles. The molecule has 0 aliphatic carbocycles. The van der Waals surface area contributed by atoms with Gasteiger partial charge in [-0.05, 0) is 49.2 Å². The number of carbonyl (C=O) groups is 1. The highest BCUT2D eigenvalue weighted by molar-refractivity contribution is 5.94. The Balaban J connectivity index is 1.66. The third kappa shape index (κ3) is 3.37. The molecule has 0 saturated carbocycles. The lowest BCUT2D eigenvalue weighted by atomic mass is 10.1. The Morgan fingerprint density at radius 1 is 1.22 bits per heavy atom. The molecule has 2 aromatic carbocycles. The Labute approximate surface area is 135 Å². The van der Waals surface area contributed by atoms with Crippen molar-refractivity contribution in [2.45, 2.75) is 12.5 Å². The first-order valence-electron chi connectivity index (χ1n) is 7.50. The van der Waals surface area contributed by atoms with Crippen LogP contribution >= 0.6 is 0 Å². The molecule has 3 aromatic rings. The second-order valence-corrected chi connectivity index (χ2v) is 5.46. The predicted octanol–water partition coefficient (Wildman–Crippen LogP) is 3.35. The molecule has 0 spiro atoms. The van der Waals surface area contributed by atoms with E-state index in [0.717, 1.165) is 16.8 Å². The Morgan fingerprint density at radius 2 is 1.96 bits per heavy atom. The lowest BCUT2D eigenvalue weighted by Gasteiger charge is -2.13. The summed E-state index contributed by atoms with van der Waals surface area (Å²) in [5.74, 6) is 0.596. The van der Waals surface area contributed by atoms with Crippen molar-refractivity contribution in [3.05, 3.63) is 72.8 Å². The molecule has 3 rings (SSSR count). The number of aromatic amines is 1. The van der Waals surface area contributed by atoms with Crippen LogP contribution in [-0.2, 0) is 6.42 Å². The van der Waals surface area contributed by atoms with Gasteiger partial charge >= 0.3 is 0 Å². The molecular weight excluding hydrogens is 288 g/mol. The number of nitrogens with one attached hydrogen (secondary N) is 2. The molecule has 0 unspecified atom stereocenters. The van der Waals surface area contributed by atoms with E-state index in [0.29, 0.717) is 12.0 Å². The van der Waals surface area contributed by atoms with Gasteiger partial charge in [-0.15, -0.1) is 0 Å². The van der Waals surface area contributed by atoms with Crippen LogP contribution in [0.25, 0.3) is 10.9 Å². The first kappa shape index (κ1) is 15.2. The van der Waals surface area contributed by atoms with Crippen molar-refractivity contribution < 1.29 is 9.53 Å². The third-order valence-corrected chi connectivity index (χ3v) is 3.83. The van der Waals surface area contributed by atoms with Crippen molar-refractivity contribution in [3.8, 4) is 5.75 Å². The average Bonchev–Trinajstić information content (AvgIpc) is 2.98. The number of fused-ring (bicyclic) bond motifs is 1. The minimum Gasteiger partial charge on any atom is -0.497 e. The van der Waals surface area contributed by atoms with Gasteiger partial charge in [0.2, 0.25) is 0 Å². The van der Waals surface area contributed by atoms with E-state index in [2.05, 4.69) is 23.3 Å². The molecule has 1 amide bonds. The fraction of sp³-hybridized carbons (Fsp3) is 0.158. The van der Waals surface area contributed by atoms with Crippen molar-refractivity contribution in [2.75, 3.05) is 7.11 Å². The van der Waals surface area contributed by atoms with E-state index in [1.54, 1.807) is 31.4 Å². The van der Waals surface area contributed by atoms with E-state index >= 15 is 0 Å². The highest BCUT2D eigenvalue weighted by Crippen LogP contribution is 2.19. The fourth-order valence-electron chi connectivity index (χ4n) is 2.63. The highest BCUT2D eigenvalue weighted by atomic mass is 16.5. The summed E-state index contributed by atoms with van der Waals surface area (Å²) in [6, 6.07) is 14.9. The smallest absolute Gasteiger partial charge is 0.251 e. The Bertz CT molecular complexity index is 806. The zero-order valence-corrected chi connectivity index (χ0v) is 13.0. The van der Waals surface area contributed by atoms with E-state index < -0.39 is 0 Å². The molecule has 0 fully saturated rings. The molecule has 23 heavy (non-hydrogen) atoms. The molecule has 4 nitrogen and oxygen atoms in total. The zero-order chi connectivity index (χ0) is 16.2. The summed E-state index contributed by atoms with van der Waals surface area (Å²) in [6.07, 6.45) is 2.65. The second kappa shape index (κ2) is 6.57. The van der Waals surface area contributed by atoms with Crippen LogP contribution in [0.2, 0.25) is 0 Å². The third-order valence-electron chi connectivity index (χ3n) is 3.83. The first-order chi connectivity index (χ1) is 11.2. The molecule has 1 atom stereocenters. The summed E-state index contributed by atoms with van der Waals surface area (Å²) in [5, 5.41) is 4.10. The second-order valence-electron chi connectivity index (χ2n) is 5.46. The van der Waals surface area contributed by atoms with Crippen molar-refractivity contribution in [1.29, 1.82) is 0 Å². The van der Waals surface area contributed by atoms with Gasteiger partial charge in [0.05, 0.1) is 7.11 Å². The minimum absolute atomic E-state index is 0.132. The number of carbonyl (C=O) groups excluding carboxylic acids is 1. The highest BCUT2D eigenvalue weighted by Gasteiger charge is 2.12. The lowest BCUT2D eigenvalue weighted by molar-refractivity contribution is 0.0944. The van der Waals surface area contributed by atoms with Crippen molar-refractivity contribution >= 4 is 16.8 Å². The van der Waals surface area contributed by atoms with Crippen LogP contribution in [0.5, 0.6) is 5.75 Å². The quantitative estimate of drug-likeness (QED) is 0.759. The number of methoxy groups -OCH3 is 1. The van der Waals surface area contributed by atoms with Crippen molar-refractivity contribution in [1.82, 2.24) is 10.3 Å². The maximum absolute atomic E-state index is 12.2. The topological polar surface area (TPSA) is 54.1 Å². The van der Waals surface area contributed by atoms with Crippen molar-refractivity contribution in [2.24, 2.45) is 0 Å². The minimum atomic E-state index is -0.205. The van der Waals surface area contributed by atoms with E-state index in [1.807, 2.05) is 24.4 Å². The summed E-state index contributed by atoms with van der Waals surface area (Å²) >= 11 is 0. The monoisotopic (exact) mass is 307 g/mol. The normalized spacial score (nSPS) is 12.1. The van der Waals surface area contributed by atoms with Crippen molar-refractivity contribution in [3.63, 3.8) is 0 Å². The molecule has 0 bridgehead atoms. The van der Waals surface area contributed by atoms with E-state index in [1.165, 1.54) is 5.39 Å². The van der Waals surface area contributed by atoms with Gasteiger partial charge in [-0.1, -0.05) is 18.2 Å². The maximum atomic E-state index is 12.2. The number of ether oxygens (including phenoxy) is 1. The lowest BCUT2D eigenvalue weighted by Crippen LogP contribution is -2.34. The van der Waals surface area contributed by atoms with Crippen LogP contribution in [0.4, 0.5) is 0 Å². The molecule has 117 valence electrons.